The van der Waals surface area contributed by atoms with Crippen molar-refractivity contribution in [2.75, 3.05) is 12.8 Å². The lowest BCUT2D eigenvalue weighted by Crippen LogP contribution is -2.26. The molecule has 1 amide bonds. The summed E-state index contributed by atoms with van der Waals surface area (Å²) in [5, 5.41) is 1.94. The lowest BCUT2D eigenvalue weighted by atomic mass is 10.1. The lowest BCUT2D eigenvalue weighted by molar-refractivity contribution is 0.0782. The Hall–Kier alpha value is -1.40. The highest BCUT2D eigenvalue weighted by Gasteiger charge is 2.17. The van der Waals surface area contributed by atoms with E-state index in [2.05, 4.69) is 15.9 Å². The molecule has 0 saturated heterocycles. The molecule has 2 N–H and O–H groups in total. The first-order chi connectivity index (χ1) is 8.97. The summed E-state index contributed by atoms with van der Waals surface area (Å²) in [5.41, 5.74) is 5.80. The van der Waals surface area contributed by atoms with Gasteiger partial charge < -0.3 is 10.6 Å². The number of hydrogen-bond donors (Lipinski definition) is 1. The minimum absolute atomic E-state index is 0.0346. The first kappa shape index (κ1) is 14.0. The maximum Gasteiger partial charge on any atom is 0.256 e. The predicted molar refractivity (Wildman–Crippen MR) is 78.6 cm³/mol. The van der Waals surface area contributed by atoms with Crippen LogP contribution in [0.4, 0.5) is 10.1 Å². The van der Waals surface area contributed by atoms with E-state index in [4.69, 9.17) is 5.73 Å². The van der Waals surface area contributed by atoms with Crippen LogP contribution in [0.25, 0.3) is 0 Å². The molecule has 0 aliphatic carbocycles. The Morgan fingerprint density at radius 2 is 2.21 bits per heavy atom. The van der Waals surface area contributed by atoms with Gasteiger partial charge in [0.2, 0.25) is 0 Å². The molecule has 1 heterocycles. The Balaban J connectivity index is 2.14. The average molecular weight is 343 g/mol. The number of thiophene rings is 1. The van der Waals surface area contributed by atoms with Gasteiger partial charge >= 0.3 is 0 Å². The standard InChI is InChI=1S/C13H12BrFN2OS/c1-17(6-10-4-8(14)7-19-10)13(18)11-3-2-9(16)5-12(11)15/h2-5,7H,6,16H2,1H3. The van der Waals surface area contributed by atoms with Crippen LogP contribution in [0.3, 0.4) is 0 Å². The van der Waals surface area contributed by atoms with E-state index in [1.807, 2.05) is 11.4 Å². The molecule has 0 aliphatic heterocycles. The number of nitrogens with zero attached hydrogens (tertiary/aromatic N) is 1. The van der Waals surface area contributed by atoms with Gasteiger partial charge in [-0.3, -0.25) is 4.79 Å². The van der Waals surface area contributed by atoms with Gasteiger partial charge in [0.25, 0.3) is 5.91 Å². The van der Waals surface area contributed by atoms with Crippen molar-refractivity contribution in [3.8, 4) is 0 Å². The Kier molecular flexibility index (Phi) is 4.21. The van der Waals surface area contributed by atoms with Gasteiger partial charge in [-0.25, -0.2) is 4.39 Å². The molecule has 0 aliphatic rings. The summed E-state index contributed by atoms with van der Waals surface area (Å²) < 4.78 is 14.7. The second-order valence-corrected chi connectivity index (χ2v) is 6.04. The number of rotatable bonds is 3. The van der Waals surface area contributed by atoms with Crippen molar-refractivity contribution >= 4 is 38.9 Å². The number of carbonyl (C=O) groups is 1. The van der Waals surface area contributed by atoms with Gasteiger partial charge in [0.05, 0.1) is 12.1 Å². The van der Waals surface area contributed by atoms with E-state index in [-0.39, 0.29) is 11.5 Å². The summed E-state index contributed by atoms with van der Waals surface area (Å²) in [5.74, 6) is -0.953. The normalized spacial score (nSPS) is 10.5. The van der Waals surface area contributed by atoms with Gasteiger partial charge in [-0.15, -0.1) is 11.3 Å². The smallest absolute Gasteiger partial charge is 0.256 e. The number of anilines is 1. The Bertz CT molecular complexity index is 614. The van der Waals surface area contributed by atoms with E-state index in [9.17, 15) is 9.18 Å². The zero-order valence-corrected chi connectivity index (χ0v) is 12.6. The van der Waals surface area contributed by atoms with Crippen LogP contribution in [0.2, 0.25) is 0 Å². The summed E-state index contributed by atoms with van der Waals surface area (Å²) in [6.45, 7) is 0.443. The summed E-state index contributed by atoms with van der Waals surface area (Å²) in [6.07, 6.45) is 0. The molecule has 0 atom stereocenters. The van der Waals surface area contributed by atoms with Gasteiger partial charge in [0, 0.05) is 27.5 Å². The van der Waals surface area contributed by atoms with Crippen molar-refractivity contribution in [1.82, 2.24) is 4.90 Å². The molecule has 0 fully saturated rings. The van der Waals surface area contributed by atoms with Gasteiger partial charge in [-0.2, -0.15) is 0 Å². The fourth-order valence-electron chi connectivity index (χ4n) is 1.65. The van der Waals surface area contributed by atoms with E-state index in [1.165, 1.54) is 17.0 Å². The second-order valence-electron chi connectivity index (χ2n) is 4.13. The molecule has 6 heteroatoms. The zero-order chi connectivity index (χ0) is 14.0. The maximum atomic E-state index is 13.7. The monoisotopic (exact) mass is 342 g/mol. The van der Waals surface area contributed by atoms with Crippen LogP contribution >= 0.6 is 27.3 Å². The van der Waals surface area contributed by atoms with Crippen molar-refractivity contribution in [3.63, 3.8) is 0 Å². The highest BCUT2D eigenvalue weighted by molar-refractivity contribution is 9.10. The predicted octanol–water partition coefficient (Wildman–Crippen LogP) is 3.50. The second kappa shape index (κ2) is 5.71. The maximum absolute atomic E-state index is 13.7. The van der Waals surface area contributed by atoms with E-state index in [0.29, 0.717) is 12.2 Å². The third-order valence-corrected chi connectivity index (χ3v) is 4.27. The van der Waals surface area contributed by atoms with Crippen molar-refractivity contribution in [3.05, 3.63) is 50.4 Å². The number of halogens is 2. The summed E-state index contributed by atoms with van der Waals surface area (Å²) >= 11 is 4.90. The molecule has 0 saturated carbocycles. The largest absolute Gasteiger partial charge is 0.399 e. The van der Waals surface area contributed by atoms with Crippen molar-refractivity contribution in [2.45, 2.75) is 6.54 Å². The van der Waals surface area contributed by atoms with Crippen LogP contribution in [0.15, 0.2) is 34.1 Å². The topological polar surface area (TPSA) is 46.3 Å². The highest BCUT2D eigenvalue weighted by Crippen LogP contribution is 2.22. The molecule has 3 nitrogen and oxygen atoms in total. The first-order valence-corrected chi connectivity index (χ1v) is 7.18. The average Bonchev–Trinajstić information content (AvgIpc) is 2.74. The van der Waals surface area contributed by atoms with Crippen molar-refractivity contribution in [2.24, 2.45) is 0 Å². The number of amides is 1. The molecule has 1 aromatic heterocycles. The summed E-state index contributed by atoms with van der Waals surface area (Å²) in [4.78, 5) is 14.6. The SMILES string of the molecule is CN(Cc1cc(Br)cs1)C(=O)c1ccc(N)cc1F. The number of nitrogens with two attached hydrogens (primary N) is 1. The van der Waals surface area contributed by atoms with E-state index >= 15 is 0 Å². The van der Waals surface area contributed by atoms with Gasteiger partial charge in [0.1, 0.15) is 5.82 Å². The molecule has 2 rings (SSSR count). The van der Waals surface area contributed by atoms with Crippen LogP contribution in [-0.2, 0) is 6.54 Å². The number of benzene rings is 1. The van der Waals surface area contributed by atoms with Crippen LogP contribution in [0.5, 0.6) is 0 Å². The fourth-order valence-corrected chi connectivity index (χ4v) is 3.16. The highest BCUT2D eigenvalue weighted by atomic mass is 79.9. The molecule has 100 valence electrons. The number of carbonyl (C=O) groups excluding carboxylic acids is 1. The third-order valence-electron chi connectivity index (χ3n) is 2.59. The Morgan fingerprint density at radius 1 is 1.47 bits per heavy atom. The molecule has 1 aromatic carbocycles. The Labute approximate surface area is 123 Å². The third kappa shape index (κ3) is 3.33. The van der Waals surface area contributed by atoms with Gasteiger partial charge in [-0.1, -0.05) is 0 Å². The molecule has 2 aromatic rings. The zero-order valence-electron chi connectivity index (χ0n) is 10.2. The van der Waals surface area contributed by atoms with Gasteiger partial charge in [0.15, 0.2) is 0 Å². The number of hydrogen-bond acceptors (Lipinski definition) is 3. The van der Waals surface area contributed by atoms with Crippen molar-refractivity contribution < 1.29 is 9.18 Å². The van der Waals surface area contributed by atoms with Gasteiger partial charge in [-0.05, 0) is 40.2 Å². The minimum Gasteiger partial charge on any atom is -0.399 e. The van der Waals surface area contributed by atoms with Crippen LogP contribution in [-0.4, -0.2) is 17.9 Å². The van der Waals surface area contributed by atoms with Crippen molar-refractivity contribution in [1.29, 1.82) is 0 Å². The van der Waals surface area contributed by atoms with Crippen LogP contribution in [0.1, 0.15) is 15.2 Å². The van der Waals surface area contributed by atoms with Crippen LogP contribution in [0, 0.1) is 5.82 Å². The quantitative estimate of drug-likeness (QED) is 0.867. The molecular weight excluding hydrogens is 331 g/mol. The molecule has 0 spiro atoms. The van der Waals surface area contributed by atoms with Crippen LogP contribution < -0.4 is 5.73 Å². The molecule has 0 radical (unpaired) electrons. The number of nitrogen functional groups attached to an aromatic ring is 1. The molecule has 0 bridgehead atoms. The first-order valence-electron chi connectivity index (χ1n) is 5.51. The Morgan fingerprint density at radius 3 is 2.79 bits per heavy atom. The minimum atomic E-state index is -0.593. The lowest BCUT2D eigenvalue weighted by Gasteiger charge is -2.16. The van der Waals surface area contributed by atoms with E-state index in [0.717, 1.165) is 15.4 Å². The van der Waals surface area contributed by atoms with E-state index < -0.39 is 5.82 Å². The van der Waals surface area contributed by atoms with E-state index in [1.54, 1.807) is 18.4 Å². The molecular formula is C13H12BrFN2OS. The molecule has 0 unspecified atom stereocenters. The summed E-state index contributed by atoms with van der Waals surface area (Å²) in [7, 11) is 1.64. The fraction of sp³-hybridized carbons (Fsp3) is 0.154. The summed E-state index contributed by atoms with van der Waals surface area (Å²) in [6, 6.07) is 6.02. The molecule has 19 heavy (non-hydrogen) atoms.